The molecule has 0 unspecified atom stereocenters. The zero-order valence-electron chi connectivity index (χ0n) is 13.9. The number of carbonyl (C=O) groups is 1. The highest BCUT2D eigenvalue weighted by atomic mass is 32.1. The van der Waals surface area contributed by atoms with Crippen LogP contribution in [0.1, 0.15) is 47.3 Å². The Labute approximate surface area is 137 Å². The van der Waals surface area contributed by atoms with E-state index in [0.29, 0.717) is 6.42 Å². The SMILES string of the molecule is Cc1ccc(C(=O)CCN(Cc2ccccc2)C(C)(C)C)s1. The Balaban J connectivity index is 2.00. The zero-order chi connectivity index (χ0) is 16.2. The van der Waals surface area contributed by atoms with Crippen LogP contribution in [0, 0.1) is 6.92 Å². The maximum absolute atomic E-state index is 12.3. The molecule has 0 saturated heterocycles. The van der Waals surface area contributed by atoms with Crippen LogP contribution < -0.4 is 0 Å². The molecule has 0 fully saturated rings. The van der Waals surface area contributed by atoms with Crippen LogP contribution in [0.2, 0.25) is 0 Å². The molecule has 0 bridgehead atoms. The summed E-state index contributed by atoms with van der Waals surface area (Å²) >= 11 is 1.59. The summed E-state index contributed by atoms with van der Waals surface area (Å²) in [5.74, 6) is 0.250. The van der Waals surface area contributed by atoms with Gasteiger partial charge in [0.25, 0.3) is 0 Å². The summed E-state index contributed by atoms with van der Waals surface area (Å²) < 4.78 is 0. The molecule has 0 spiro atoms. The number of ketones is 1. The van der Waals surface area contributed by atoms with Crippen LogP contribution in [0.3, 0.4) is 0 Å². The van der Waals surface area contributed by atoms with Crippen LogP contribution in [0.25, 0.3) is 0 Å². The van der Waals surface area contributed by atoms with Crippen LogP contribution in [0.4, 0.5) is 0 Å². The summed E-state index contributed by atoms with van der Waals surface area (Å²) in [7, 11) is 0. The van der Waals surface area contributed by atoms with Gasteiger partial charge in [-0.25, -0.2) is 0 Å². The van der Waals surface area contributed by atoms with E-state index in [0.717, 1.165) is 18.0 Å². The summed E-state index contributed by atoms with van der Waals surface area (Å²) in [6, 6.07) is 14.4. The number of benzene rings is 1. The van der Waals surface area contributed by atoms with Crippen molar-refractivity contribution in [2.45, 2.75) is 46.2 Å². The Morgan fingerprint density at radius 1 is 1.09 bits per heavy atom. The van der Waals surface area contributed by atoms with E-state index in [1.165, 1.54) is 10.4 Å². The van der Waals surface area contributed by atoms with Gasteiger partial charge < -0.3 is 0 Å². The maximum Gasteiger partial charge on any atom is 0.174 e. The molecule has 3 heteroatoms. The molecular weight excluding hydrogens is 290 g/mol. The Kier molecular flexibility index (Phi) is 5.54. The smallest absolute Gasteiger partial charge is 0.174 e. The molecule has 0 aliphatic rings. The molecule has 0 saturated carbocycles. The van der Waals surface area contributed by atoms with E-state index in [9.17, 15) is 4.79 Å². The molecule has 1 aromatic carbocycles. The highest BCUT2D eigenvalue weighted by Crippen LogP contribution is 2.20. The van der Waals surface area contributed by atoms with Gasteiger partial charge in [-0.2, -0.15) is 0 Å². The highest BCUT2D eigenvalue weighted by molar-refractivity contribution is 7.14. The van der Waals surface area contributed by atoms with Crippen molar-refractivity contribution in [1.29, 1.82) is 0 Å². The van der Waals surface area contributed by atoms with E-state index in [-0.39, 0.29) is 11.3 Å². The Hall–Kier alpha value is -1.45. The lowest BCUT2D eigenvalue weighted by molar-refractivity contribution is 0.0900. The second kappa shape index (κ2) is 7.21. The lowest BCUT2D eigenvalue weighted by Gasteiger charge is -2.35. The maximum atomic E-state index is 12.3. The number of hydrogen-bond acceptors (Lipinski definition) is 3. The largest absolute Gasteiger partial charge is 0.294 e. The number of carbonyl (C=O) groups excluding carboxylic acids is 1. The molecule has 2 nitrogen and oxygen atoms in total. The predicted molar refractivity (Wildman–Crippen MR) is 94.6 cm³/mol. The fraction of sp³-hybridized carbons (Fsp3) is 0.421. The van der Waals surface area contributed by atoms with Crippen LogP contribution in [-0.2, 0) is 6.54 Å². The van der Waals surface area contributed by atoms with Gasteiger partial charge in [0.1, 0.15) is 0 Å². The second-order valence-corrected chi connectivity index (χ2v) is 7.95. The van der Waals surface area contributed by atoms with E-state index in [4.69, 9.17) is 0 Å². The van der Waals surface area contributed by atoms with E-state index in [1.807, 2.05) is 25.1 Å². The van der Waals surface area contributed by atoms with Gasteiger partial charge in [-0.05, 0) is 45.4 Å². The van der Waals surface area contributed by atoms with Crippen LogP contribution in [-0.4, -0.2) is 22.8 Å². The van der Waals surface area contributed by atoms with Crippen molar-refractivity contribution in [3.8, 4) is 0 Å². The summed E-state index contributed by atoms with van der Waals surface area (Å²) in [6.45, 7) is 10.3. The van der Waals surface area contributed by atoms with Gasteiger partial charge in [-0.1, -0.05) is 30.3 Å². The lowest BCUT2D eigenvalue weighted by Crippen LogP contribution is -2.41. The van der Waals surface area contributed by atoms with Crippen molar-refractivity contribution in [2.75, 3.05) is 6.54 Å². The quantitative estimate of drug-likeness (QED) is 0.704. The zero-order valence-corrected chi connectivity index (χ0v) is 14.7. The van der Waals surface area contributed by atoms with E-state index < -0.39 is 0 Å². The van der Waals surface area contributed by atoms with Gasteiger partial charge >= 0.3 is 0 Å². The topological polar surface area (TPSA) is 20.3 Å². The Bertz CT molecular complexity index is 610. The molecule has 0 atom stereocenters. The second-order valence-electron chi connectivity index (χ2n) is 6.66. The Morgan fingerprint density at radius 2 is 1.77 bits per heavy atom. The van der Waals surface area contributed by atoms with Crippen molar-refractivity contribution in [1.82, 2.24) is 4.90 Å². The average molecular weight is 315 g/mol. The molecule has 0 aliphatic carbocycles. The van der Waals surface area contributed by atoms with Gasteiger partial charge in [-0.3, -0.25) is 9.69 Å². The lowest BCUT2D eigenvalue weighted by atomic mass is 10.0. The number of Topliss-reactive ketones (excluding diaryl/α,β-unsaturated/α-hetero) is 1. The van der Waals surface area contributed by atoms with Crippen LogP contribution >= 0.6 is 11.3 Å². The van der Waals surface area contributed by atoms with Crippen LogP contribution in [0.15, 0.2) is 42.5 Å². The molecule has 118 valence electrons. The first-order valence-electron chi connectivity index (χ1n) is 7.75. The summed E-state index contributed by atoms with van der Waals surface area (Å²) in [5, 5.41) is 0. The number of aryl methyl sites for hydroxylation is 1. The summed E-state index contributed by atoms with van der Waals surface area (Å²) in [6.07, 6.45) is 0.573. The summed E-state index contributed by atoms with van der Waals surface area (Å²) in [4.78, 5) is 16.8. The normalized spacial score (nSPS) is 11.9. The van der Waals surface area contributed by atoms with Crippen molar-refractivity contribution >= 4 is 17.1 Å². The minimum absolute atomic E-state index is 0.0431. The molecule has 0 N–H and O–H groups in total. The number of nitrogens with zero attached hydrogens (tertiary/aromatic N) is 1. The first kappa shape index (κ1) is 16.9. The molecular formula is C19H25NOS. The molecule has 22 heavy (non-hydrogen) atoms. The average Bonchev–Trinajstić information content (AvgIpc) is 2.89. The minimum atomic E-state index is 0.0431. The number of hydrogen-bond donors (Lipinski definition) is 0. The first-order valence-corrected chi connectivity index (χ1v) is 8.56. The molecule has 0 radical (unpaired) electrons. The van der Waals surface area contributed by atoms with Crippen LogP contribution in [0.5, 0.6) is 0 Å². The van der Waals surface area contributed by atoms with Crippen molar-refractivity contribution in [3.63, 3.8) is 0 Å². The van der Waals surface area contributed by atoms with Crippen molar-refractivity contribution < 1.29 is 4.79 Å². The predicted octanol–water partition coefficient (Wildman–Crippen LogP) is 4.93. The number of rotatable bonds is 6. The standard InChI is InChI=1S/C19H25NOS/c1-15-10-11-18(22-15)17(21)12-13-20(19(2,3)4)14-16-8-6-5-7-9-16/h5-11H,12-14H2,1-4H3. The van der Waals surface area contributed by atoms with Crippen molar-refractivity contribution in [3.05, 3.63) is 57.8 Å². The fourth-order valence-electron chi connectivity index (χ4n) is 2.40. The van der Waals surface area contributed by atoms with E-state index >= 15 is 0 Å². The monoisotopic (exact) mass is 315 g/mol. The molecule has 0 amide bonds. The Morgan fingerprint density at radius 3 is 2.32 bits per heavy atom. The minimum Gasteiger partial charge on any atom is -0.294 e. The molecule has 2 aromatic rings. The van der Waals surface area contributed by atoms with Gasteiger partial charge in [0, 0.05) is 29.9 Å². The third-order valence-electron chi connectivity index (χ3n) is 3.79. The molecule has 1 heterocycles. The molecule has 0 aliphatic heterocycles. The van der Waals surface area contributed by atoms with Gasteiger partial charge in [0.15, 0.2) is 5.78 Å². The van der Waals surface area contributed by atoms with E-state index in [2.05, 4.69) is 49.9 Å². The van der Waals surface area contributed by atoms with Gasteiger partial charge in [0.2, 0.25) is 0 Å². The van der Waals surface area contributed by atoms with Gasteiger partial charge in [0.05, 0.1) is 4.88 Å². The third-order valence-corrected chi connectivity index (χ3v) is 4.83. The molecule has 2 rings (SSSR count). The summed E-state index contributed by atoms with van der Waals surface area (Å²) in [5.41, 5.74) is 1.33. The van der Waals surface area contributed by atoms with Gasteiger partial charge in [-0.15, -0.1) is 11.3 Å². The van der Waals surface area contributed by atoms with Crippen molar-refractivity contribution in [2.24, 2.45) is 0 Å². The third kappa shape index (κ3) is 4.79. The molecule has 1 aromatic heterocycles. The number of thiophene rings is 1. The van der Waals surface area contributed by atoms with E-state index in [1.54, 1.807) is 11.3 Å². The first-order chi connectivity index (χ1) is 10.4. The fourth-order valence-corrected chi connectivity index (χ4v) is 3.23. The highest BCUT2D eigenvalue weighted by Gasteiger charge is 2.22.